The summed E-state index contributed by atoms with van der Waals surface area (Å²) in [7, 11) is 1.81. The van der Waals surface area contributed by atoms with Gasteiger partial charge in [-0.2, -0.15) is 0 Å². The number of aliphatic imine (C=N–C) groups is 1. The van der Waals surface area contributed by atoms with Gasteiger partial charge in [0, 0.05) is 51.7 Å². The van der Waals surface area contributed by atoms with Crippen molar-refractivity contribution in [2.24, 2.45) is 4.99 Å². The minimum Gasteiger partial charge on any atom is -0.381 e. The zero-order chi connectivity index (χ0) is 19.0. The van der Waals surface area contributed by atoms with Crippen molar-refractivity contribution >= 4 is 29.9 Å². The Morgan fingerprint density at radius 3 is 2.64 bits per heavy atom. The van der Waals surface area contributed by atoms with Crippen LogP contribution < -0.4 is 10.6 Å². The van der Waals surface area contributed by atoms with Gasteiger partial charge in [0.25, 0.3) is 0 Å². The Kier molecular flexibility index (Phi) is 9.17. The zero-order valence-corrected chi connectivity index (χ0v) is 19.1. The highest BCUT2D eigenvalue weighted by molar-refractivity contribution is 14.0. The van der Waals surface area contributed by atoms with Crippen molar-refractivity contribution in [3.63, 3.8) is 0 Å². The van der Waals surface area contributed by atoms with Gasteiger partial charge in [0.05, 0.1) is 0 Å². The molecule has 28 heavy (non-hydrogen) atoms. The minimum atomic E-state index is 0. The van der Waals surface area contributed by atoms with Gasteiger partial charge in [-0.15, -0.1) is 34.2 Å². The van der Waals surface area contributed by atoms with Crippen molar-refractivity contribution in [3.8, 4) is 0 Å². The van der Waals surface area contributed by atoms with Crippen molar-refractivity contribution in [2.75, 3.05) is 33.4 Å². The van der Waals surface area contributed by atoms with Crippen LogP contribution in [0.25, 0.3) is 0 Å². The lowest BCUT2D eigenvalue weighted by Crippen LogP contribution is -2.48. The van der Waals surface area contributed by atoms with Crippen LogP contribution >= 0.6 is 24.0 Å². The molecule has 0 amide bonds. The molecule has 0 bridgehead atoms. The molecule has 1 saturated heterocycles. The molecule has 0 atom stereocenters. The number of nitrogens with zero attached hydrogens (tertiary/aromatic N) is 4. The van der Waals surface area contributed by atoms with Crippen molar-refractivity contribution in [1.29, 1.82) is 0 Å². The largest absolute Gasteiger partial charge is 0.381 e. The second-order valence-corrected chi connectivity index (χ2v) is 6.91. The zero-order valence-electron chi connectivity index (χ0n) is 16.7. The average molecular weight is 498 g/mol. The van der Waals surface area contributed by atoms with E-state index in [1.54, 1.807) is 6.33 Å². The molecule has 1 aliphatic heterocycles. The summed E-state index contributed by atoms with van der Waals surface area (Å²) in [5, 5.41) is 15.0. The highest BCUT2D eigenvalue weighted by Gasteiger charge is 2.34. The molecule has 0 spiro atoms. The standard InChI is InChI=1S/C20H30N6O.HI/c1-3-18-25-24-16-26(18)12-11-22-19(21-2)23-15-20(9-13-27-14-10-20)17-7-5-4-6-8-17;/h4-8,16H,3,9-15H2,1-2H3,(H2,21,22,23);1H. The minimum absolute atomic E-state index is 0. The number of halogens is 1. The number of aromatic nitrogens is 3. The third kappa shape index (κ3) is 5.66. The first-order valence-corrected chi connectivity index (χ1v) is 9.72. The number of hydrogen-bond acceptors (Lipinski definition) is 4. The van der Waals surface area contributed by atoms with E-state index in [2.05, 4.69) is 67.6 Å². The van der Waals surface area contributed by atoms with E-state index in [9.17, 15) is 0 Å². The predicted molar refractivity (Wildman–Crippen MR) is 122 cm³/mol. The quantitative estimate of drug-likeness (QED) is 0.349. The lowest BCUT2D eigenvalue weighted by Gasteiger charge is -2.38. The lowest BCUT2D eigenvalue weighted by molar-refractivity contribution is 0.0514. The number of hydrogen-bond donors (Lipinski definition) is 2. The summed E-state index contributed by atoms with van der Waals surface area (Å²) in [5.41, 5.74) is 1.45. The molecular weight excluding hydrogens is 467 g/mol. The van der Waals surface area contributed by atoms with Gasteiger partial charge >= 0.3 is 0 Å². The fourth-order valence-electron chi connectivity index (χ4n) is 3.63. The molecule has 0 radical (unpaired) electrons. The maximum Gasteiger partial charge on any atom is 0.191 e. The molecule has 1 aromatic heterocycles. The molecule has 0 saturated carbocycles. The van der Waals surface area contributed by atoms with Crippen LogP contribution in [0.4, 0.5) is 0 Å². The Labute approximate surface area is 184 Å². The van der Waals surface area contributed by atoms with Gasteiger partial charge < -0.3 is 19.9 Å². The average Bonchev–Trinajstić information content (AvgIpc) is 3.19. The molecule has 2 aromatic rings. The smallest absolute Gasteiger partial charge is 0.191 e. The second-order valence-electron chi connectivity index (χ2n) is 6.91. The Balaban J connectivity index is 0.00000280. The van der Waals surface area contributed by atoms with Crippen molar-refractivity contribution < 1.29 is 4.74 Å². The number of benzene rings is 1. The molecule has 7 nitrogen and oxygen atoms in total. The van der Waals surface area contributed by atoms with E-state index in [-0.39, 0.29) is 29.4 Å². The van der Waals surface area contributed by atoms with Crippen LogP contribution in [-0.4, -0.2) is 54.1 Å². The number of nitrogens with one attached hydrogen (secondary N) is 2. The van der Waals surface area contributed by atoms with E-state index in [4.69, 9.17) is 4.74 Å². The Hall–Kier alpha value is -1.68. The third-order valence-corrected chi connectivity index (χ3v) is 5.31. The number of guanidine groups is 1. The van der Waals surface area contributed by atoms with Gasteiger partial charge in [-0.25, -0.2) is 0 Å². The molecule has 1 aromatic carbocycles. The summed E-state index contributed by atoms with van der Waals surface area (Å²) >= 11 is 0. The van der Waals surface area contributed by atoms with Crippen molar-refractivity contribution in [2.45, 2.75) is 38.1 Å². The molecule has 1 fully saturated rings. The predicted octanol–water partition coefficient (Wildman–Crippen LogP) is 2.37. The van der Waals surface area contributed by atoms with Crippen LogP contribution in [0.3, 0.4) is 0 Å². The van der Waals surface area contributed by atoms with Crippen LogP contribution in [-0.2, 0) is 23.1 Å². The summed E-state index contributed by atoms with van der Waals surface area (Å²) in [6.07, 6.45) is 4.70. The monoisotopic (exact) mass is 498 g/mol. The maximum atomic E-state index is 5.62. The Bertz CT molecular complexity index is 727. The topological polar surface area (TPSA) is 76.4 Å². The molecule has 3 rings (SSSR count). The van der Waals surface area contributed by atoms with Gasteiger partial charge in [0.15, 0.2) is 5.96 Å². The first-order valence-electron chi connectivity index (χ1n) is 9.72. The van der Waals surface area contributed by atoms with Crippen LogP contribution in [0, 0.1) is 0 Å². The highest BCUT2D eigenvalue weighted by Crippen LogP contribution is 2.34. The van der Waals surface area contributed by atoms with E-state index in [0.29, 0.717) is 0 Å². The van der Waals surface area contributed by atoms with Gasteiger partial charge in [0.1, 0.15) is 12.2 Å². The third-order valence-electron chi connectivity index (χ3n) is 5.31. The van der Waals surface area contributed by atoms with E-state index in [0.717, 1.165) is 63.9 Å². The van der Waals surface area contributed by atoms with Crippen LogP contribution in [0.5, 0.6) is 0 Å². The van der Waals surface area contributed by atoms with Crippen molar-refractivity contribution in [3.05, 3.63) is 48.0 Å². The molecule has 154 valence electrons. The summed E-state index contributed by atoms with van der Waals surface area (Å²) in [6.45, 7) is 6.12. The fourth-order valence-corrected chi connectivity index (χ4v) is 3.63. The summed E-state index contributed by atoms with van der Waals surface area (Å²) < 4.78 is 7.69. The Morgan fingerprint density at radius 2 is 1.96 bits per heavy atom. The molecule has 0 unspecified atom stereocenters. The SMILES string of the molecule is CCc1nncn1CCNC(=NC)NCC1(c2ccccc2)CCOCC1.I. The van der Waals surface area contributed by atoms with Gasteiger partial charge in [-0.05, 0) is 18.4 Å². The second kappa shape index (κ2) is 11.4. The summed E-state index contributed by atoms with van der Waals surface area (Å²) in [6, 6.07) is 10.7. The maximum absolute atomic E-state index is 5.62. The van der Waals surface area contributed by atoms with E-state index >= 15 is 0 Å². The molecule has 2 N–H and O–H groups in total. The van der Waals surface area contributed by atoms with Gasteiger partial charge in [-0.1, -0.05) is 37.3 Å². The first-order chi connectivity index (χ1) is 13.3. The van der Waals surface area contributed by atoms with E-state index in [1.165, 1.54) is 5.56 Å². The van der Waals surface area contributed by atoms with Crippen LogP contribution in [0.1, 0.15) is 31.2 Å². The first kappa shape index (κ1) is 22.6. The van der Waals surface area contributed by atoms with E-state index in [1.807, 2.05) is 7.05 Å². The highest BCUT2D eigenvalue weighted by atomic mass is 127. The number of aryl methyl sites for hydroxylation is 1. The van der Waals surface area contributed by atoms with Crippen LogP contribution in [0.2, 0.25) is 0 Å². The van der Waals surface area contributed by atoms with Gasteiger partial charge in [0.2, 0.25) is 0 Å². The molecule has 8 heteroatoms. The van der Waals surface area contributed by atoms with Crippen molar-refractivity contribution in [1.82, 2.24) is 25.4 Å². The molecule has 0 aliphatic carbocycles. The Morgan fingerprint density at radius 1 is 1.21 bits per heavy atom. The molecule has 2 heterocycles. The molecule has 1 aliphatic rings. The lowest BCUT2D eigenvalue weighted by atomic mass is 9.74. The molecular formula is C20H31IN6O. The summed E-state index contributed by atoms with van der Waals surface area (Å²) in [5.74, 6) is 1.83. The summed E-state index contributed by atoms with van der Waals surface area (Å²) in [4.78, 5) is 4.38. The normalized spacial score (nSPS) is 16.3. The van der Waals surface area contributed by atoms with Crippen LogP contribution in [0.15, 0.2) is 41.7 Å². The number of ether oxygens (including phenoxy) is 1. The number of rotatable bonds is 7. The fraction of sp³-hybridized carbons (Fsp3) is 0.550. The van der Waals surface area contributed by atoms with E-state index < -0.39 is 0 Å². The van der Waals surface area contributed by atoms with Gasteiger partial charge in [-0.3, -0.25) is 4.99 Å².